The number of nitrogens with one attached hydrogen (secondary N) is 2. The number of carbonyl (C=O) groups excluding carboxylic acids is 1. The Hall–Kier alpha value is -2.49. The number of hydrogen-bond donors (Lipinski definition) is 2. The Balaban J connectivity index is 1.92. The van der Waals surface area contributed by atoms with Crippen LogP contribution >= 0.6 is 11.6 Å². The zero-order valence-electron chi connectivity index (χ0n) is 16.8. The van der Waals surface area contributed by atoms with Gasteiger partial charge in [0.2, 0.25) is 0 Å². The van der Waals surface area contributed by atoms with E-state index in [0.717, 1.165) is 0 Å². The third kappa shape index (κ3) is 7.40. The van der Waals surface area contributed by atoms with Gasteiger partial charge in [0.1, 0.15) is 11.5 Å². The summed E-state index contributed by atoms with van der Waals surface area (Å²) in [7, 11) is -2.32. The quantitative estimate of drug-likeness (QED) is 0.476. The number of sulfonamides is 1. The second-order valence-electron chi connectivity index (χ2n) is 6.12. The highest BCUT2D eigenvalue weighted by Crippen LogP contribution is 2.28. The third-order valence-corrected chi connectivity index (χ3v) is 5.58. The molecule has 2 rings (SSSR count). The van der Waals surface area contributed by atoms with Crippen molar-refractivity contribution in [1.82, 2.24) is 5.32 Å². The lowest BCUT2D eigenvalue weighted by atomic mass is 10.3. The van der Waals surface area contributed by atoms with Crippen LogP contribution in [0.1, 0.15) is 13.3 Å². The topological polar surface area (TPSA) is 103 Å². The summed E-state index contributed by atoms with van der Waals surface area (Å²) < 4.78 is 43.2. The lowest BCUT2D eigenvalue weighted by molar-refractivity contribution is -0.123. The number of ether oxygens (including phenoxy) is 3. The van der Waals surface area contributed by atoms with Gasteiger partial charge in [0.05, 0.1) is 17.0 Å². The van der Waals surface area contributed by atoms with Gasteiger partial charge < -0.3 is 19.5 Å². The van der Waals surface area contributed by atoms with Crippen LogP contribution in [0.4, 0.5) is 5.69 Å². The Morgan fingerprint density at radius 1 is 1.13 bits per heavy atom. The molecule has 2 aromatic carbocycles. The fraction of sp³-hybridized carbons (Fsp3) is 0.350. The van der Waals surface area contributed by atoms with Crippen molar-refractivity contribution in [3.05, 3.63) is 47.5 Å². The largest absolute Gasteiger partial charge is 0.497 e. The first-order valence-corrected chi connectivity index (χ1v) is 11.2. The Bertz CT molecular complexity index is 935. The molecule has 0 heterocycles. The third-order valence-electron chi connectivity index (χ3n) is 3.91. The number of carbonyl (C=O) groups is 1. The molecule has 0 saturated carbocycles. The smallest absolute Gasteiger partial charge is 0.261 e. The van der Waals surface area contributed by atoms with Crippen LogP contribution in [0.25, 0.3) is 0 Å². The molecule has 0 atom stereocenters. The molecule has 10 heteroatoms. The molecule has 1 amide bonds. The van der Waals surface area contributed by atoms with Gasteiger partial charge in [0, 0.05) is 25.4 Å². The minimum Gasteiger partial charge on any atom is -0.497 e. The number of hydrogen-bond acceptors (Lipinski definition) is 6. The van der Waals surface area contributed by atoms with Gasteiger partial charge in [-0.3, -0.25) is 9.52 Å². The zero-order valence-corrected chi connectivity index (χ0v) is 18.4. The molecule has 0 aliphatic rings. The van der Waals surface area contributed by atoms with E-state index in [2.05, 4.69) is 10.0 Å². The summed E-state index contributed by atoms with van der Waals surface area (Å²) in [4.78, 5) is 11.8. The van der Waals surface area contributed by atoms with Crippen molar-refractivity contribution in [3.63, 3.8) is 0 Å². The lowest BCUT2D eigenvalue weighted by Gasteiger charge is -2.12. The molecule has 0 saturated heterocycles. The monoisotopic (exact) mass is 456 g/mol. The van der Waals surface area contributed by atoms with E-state index >= 15 is 0 Å². The summed E-state index contributed by atoms with van der Waals surface area (Å²) in [6.07, 6.45) is 0.702. The van der Waals surface area contributed by atoms with Gasteiger partial charge >= 0.3 is 0 Å². The molecule has 0 spiro atoms. The normalized spacial score (nSPS) is 11.0. The average Bonchev–Trinajstić information content (AvgIpc) is 2.73. The van der Waals surface area contributed by atoms with Crippen molar-refractivity contribution in [2.45, 2.75) is 18.2 Å². The summed E-state index contributed by atoms with van der Waals surface area (Å²) in [6, 6.07) is 10.5. The second kappa shape index (κ2) is 11.6. The second-order valence-corrected chi connectivity index (χ2v) is 8.20. The molecule has 8 nitrogen and oxygen atoms in total. The number of benzene rings is 2. The van der Waals surface area contributed by atoms with Gasteiger partial charge in [-0.1, -0.05) is 11.6 Å². The van der Waals surface area contributed by atoms with Crippen LogP contribution in [-0.4, -0.2) is 47.8 Å². The number of anilines is 1. The van der Waals surface area contributed by atoms with Gasteiger partial charge in [0.25, 0.3) is 15.9 Å². The molecule has 2 N–H and O–H groups in total. The molecular weight excluding hydrogens is 432 g/mol. The van der Waals surface area contributed by atoms with Crippen LogP contribution in [0.5, 0.6) is 11.5 Å². The molecule has 0 unspecified atom stereocenters. The Morgan fingerprint density at radius 3 is 2.50 bits per heavy atom. The fourth-order valence-electron chi connectivity index (χ4n) is 2.38. The fourth-order valence-corrected chi connectivity index (χ4v) is 3.76. The molecule has 0 fully saturated rings. The summed E-state index contributed by atoms with van der Waals surface area (Å²) in [5.41, 5.74) is 0.383. The number of halogens is 1. The summed E-state index contributed by atoms with van der Waals surface area (Å²) >= 11 is 6.14. The van der Waals surface area contributed by atoms with E-state index in [9.17, 15) is 13.2 Å². The Morgan fingerprint density at radius 2 is 1.87 bits per heavy atom. The minimum absolute atomic E-state index is 0.0314. The van der Waals surface area contributed by atoms with E-state index in [1.54, 1.807) is 24.3 Å². The summed E-state index contributed by atoms with van der Waals surface area (Å²) in [5, 5.41) is 2.78. The highest BCUT2D eigenvalue weighted by molar-refractivity contribution is 7.92. The van der Waals surface area contributed by atoms with Crippen molar-refractivity contribution in [1.29, 1.82) is 0 Å². The summed E-state index contributed by atoms with van der Waals surface area (Å²) in [5.74, 6) is 0.519. The zero-order chi connectivity index (χ0) is 22.0. The van der Waals surface area contributed by atoms with E-state index in [1.807, 2.05) is 6.92 Å². The van der Waals surface area contributed by atoms with Gasteiger partial charge in [-0.05, 0) is 55.8 Å². The highest BCUT2D eigenvalue weighted by atomic mass is 35.5. The van der Waals surface area contributed by atoms with Crippen LogP contribution in [0.15, 0.2) is 47.4 Å². The number of rotatable bonds is 12. The molecule has 0 bridgehead atoms. The van der Waals surface area contributed by atoms with Crippen LogP contribution < -0.4 is 19.5 Å². The van der Waals surface area contributed by atoms with E-state index < -0.39 is 10.0 Å². The first kappa shape index (κ1) is 23.8. The van der Waals surface area contributed by atoms with Gasteiger partial charge in [-0.25, -0.2) is 8.42 Å². The van der Waals surface area contributed by atoms with Crippen molar-refractivity contribution < 1.29 is 27.4 Å². The molecule has 30 heavy (non-hydrogen) atoms. The average molecular weight is 457 g/mol. The van der Waals surface area contributed by atoms with Crippen LogP contribution in [0.2, 0.25) is 5.02 Å². The van der Waals surface area contributed by atoms with Crippen molar-refractivity contribution >= 4 is 33.2 Å². The van der Waals surface area contributed by atoms with E-state index in [1.165, 1.54) is 25.3 Å². The van der Waals surface area contributed by atoms with E-state index in [4.69, 9.17) is 25.8 Å². The van der Waals surface area contributed by atoms with E-state index in [-0.39, 0.29) is 28.2 Å². The standard InChI is InChI=1S/C20H25ClN2O6S/c1-3-28-12-4-11-22-20(24)14-29-19-10-9-17(13-18(19)21)30(25,26)23-15-5-7-16(27-2)8-6-15/h5-10,13,23H,3-4,11-12,14H2,1-2H3,(H,22,24). The molecule has 0 aromatic heterocycles. The number of methoxy groups -OCH3 is 1. The predicted octanol–water partition coefficient (Wildman–Crippen LogP) is 3.07. The predicted molar refractivity (Wildman–Crippen MR) is 115 cm³/mol. The molecule has 164 valence electrons. The molecule has 0 aliphatic heterocycles. The Kier molecular flexibility index (Phi) is 9.22. The SMILES string of the molecule is CCOCCCNC(=O)COc1ccc(S(=O)(=O)Nc2ccc(OC)cc2)cc1Cl. The first-order valence-electron chi connectivity index (χ1n) is 9.29. The van der Waals surface area contributed by atoms with Gasteiger partial charge in [0.15, 0.2) is 6.61 Å². The molecular formula is C20H25ClN2O6S. The maximum Gasteiger partial charge on any atom is 0.261 e. The summed E-state index contributed by atoms with van der Waals surface area (Å²) in [6.45, 7) is 3.36. The van der Waals surface area contributed by atoms with Crippen LogP contribution in [-0.2, 0) is 19.6 Å². The molecule has 0 aliphatic carbocycles. The van der Waals surface area contributed by atoms with Crippen molar-refractivity contribution in [2.24, 2.45) is 0 Å². The first-order chi connectivity index (χ1) is 14.4. The Labute approximate surface area is 181 Å². The molecule has 0 radical (unpaired) electrons. The van der Waals surface area contributed by atoms with Crippen LogP contribution in [0.3, 0.4) is 0 Å². The number of amides is 1. The maximum absolute atomic E-state index is 12.6. The van der Waals surface area contributed by atoms with Crippen molar-refractivity contribution in [2.75, 3.05) is 38.2 Å². The van der Waals surface area contributed by atoms with Gasteiger partial charge in [-0.15, -0.1) is 0 Å². The maximum atomic E-state index is 12.6. The minimum atomic E-state index is -3.85. The molecule has 2 aromatic rings. The van der Waals surface area contributed by atoms with Gasteiger partial charge in [-0.2, -0.15) is 0 Å². The van der Waals surface area contributed by atoms with E-state index in [0.29, 0.717) is 37.6 Å². The highest BCUT2D eigenvalue weighted by Gasteiger charge is 2.17. The lowest BCUT2D eigenvalue weighted by Crippen LogP contribution is -2.30. The van der Waals surface area contributed by atoms with Crippen molar-refractivity contribution in [3.8, 4) is 11.5 Å². The van der Waals surface area contributed by atoms with Crippen LogP contribution in [0, 0.1) is 0 Å².